The Morgan fingerprint density at radius 2 is 2.04 bits per heavy atom. The number of anilines is 1. The Hall–Kier alpha value is -2.55. The monoisotopic (exact) mass is 400 g/mol. The summed E-state index contributed by atoms with van der Waals surface area (Å²) in [5.41, 5.74) is 1.63. The topological polar surface area (TPSA) is 74.3 Å². The van der Waals surface area contributed by atoms with Gasteiger partial charge >= 0.3 is 0 Å². The Morgan fingerprint density at radius 3 is 2.78 bits per heavy atom. The van der Waals surface area contributed by atoms with Crippen LogP contribution in [0.5, 0.6) is 0 Å². The highest BCUT2D eigenvalue weighted by atomic mass is 32.1. The molecule has 0 saturated carbocycles. The van der Waals surface area contributed by atoms with E-state index in [0.717, 1.165) is 15.4 Å². The highest BCUT2D eigenvalue weighted by Gasteiger charge is 2.12. The average molecular weight is 401 g/mol. The number of carbonyl (C=O) groups is 2. The van der Waals surface area contributed by atoms with E-state index in [1.807, 2.05) is 55.9 Å². The van der Waals surface area contributed by atoms with Gasteiger partial charge in [-0.15, -0.1) is 22.7 Å². The van der Waals surface area contributed by atoms with Crippen LogP contribution in [0.3, 0.4) is 0 Å². The van der Waals surface area contributed by atoms with Crippen molar-refractivity contribution in [1.29, 1.82) is 0 Å². The third-order valence-corrected chi connectivity index (χ3v) is 5.62. The molecule has 3 rings (SSSR count). The van der Waals surface area contributed by atoms with Crippen molar-refractivity contribution in [3.63, 3.8) is 0 Å². The number of carbonyl (C=O) groups excluding carboxylic acids is 2. The molecule has 0 saturated heterocycles. The van der Waals surface area contributed by atoms with Crippen molar-refractivity contribution in [2.45, 2.75) is 6.54 Å². The number of nitrogens with one attached hydrogen (secondary N) is 2. The molecule has 2 N–H and O–H groups in total. The molecule has 140 valence electrons. The Labute approximate surface area is 165 Å². The van der Waals surface area contributed by atoms with Gasteiger partial charge in [-0.25, -0.2) is 4.98 Å². The van der Waals surface area contributed by atoms with Crippen molar-refractivity contribution in [2.24, 2.45) is 0 Å². The summed E-state index contributed by atoms with van der Waals surface area (Å²) in [5, 5.41) is 8.59. The van der Waals surface area contributed by atoms with Crippen LogP contribution in [0.4, 0.5) is 5.69 Å². The zero-order valence-electron chi connectivity index (χ0n) is 15.1. The standard InChI is InChI=1S/C19H20N4O2S2/c1-23(2)12-17(24)22-14-6-3-5-13(9-14)10-20-18(25)16-11-21-19(27-16)15-7-4-8-26-15/h3-9,11H,10,12H2,1-2H3,(H,20,25)(H,22,24). The van der Waals surface area contributed by atoms with Gasteiger partial charge in [0.2, 0.25) is 5.91 Å². The highest BCUT2D eigenvalue weighted by molar-refractivity contribution is 7.21. The summed E-state index contributed by atoms with van der Waals surface area (Å²) >= 11 is 2.98. The van der Waals surface area contributed by atoms with E-state index in [1.165, 1.54) is 11.3 Å². The molecule has 0 aliphatic heterocycles. The number of amides is 2. The molecule has 2 heterocycles. The summed E-state index contributed by atoms with van der Waals surface area (Å²) in [6.07, 6.45) is 1.60. The molecule has 3 aromatic rings. The number of rotatable bonds is 7. The predicted octanol–water partition coefficient (Wildman–Crippen LogP) is 3.30. The molecular formula is C19H20N4O2S2. The SMILES string of the molecule is CN(C)CC(=O)Nc1cccc(CNC(=O)c2cnc(-c3cccs3)s2)c1. The van der Waals surface area contributed by atoms with Crippen molar-refractivity contribution >= 4 is 40.2 Å². The van der Waals surface area contributed by atoms with Crippen LogP contribution in [-0.2, 0) is 11.3 Å². The van der Waals surface area contributed by atoms with E-state index in [-0.39, 0.29) is 11.8 Å². The van der Waals surface area contributed by atoms with E-state index < -0.39 is 0 Å². The summed E-state index contributed by atoms with van der Waals surface area (Å²) in [6.45, 7) is 0.696. The van der Waals surface area contributed by atoms with Gasteiger partial charge in [-0.1, -0.05) is 18.2 Å². The fourth-order valence-corrected chi connectivity index (χ4v) is 4.05. The van der Waals surface area contributed by atoms with Crippen LogP contribution in [-0.4, -0.2) is 42.3 Å². The maximum atomic E-state index is 12.4. The molecule has 8 heteroatoms. The van der Waals surface area contributed by atoms with Crippen LogP contribution in [0.2, 0.25) is 0 Å². The Bertz CT molecular complexity index is 919. The zero-order chi connectivity index (χ0) is 19.2. The predicted molar refractivity (Wildman–Crippen MR) is 110 cm³/mol. The molecule has 6 nitrogen and oxygen atoms in total. The normalized spacial score (nSPS) is 10.8. The molecule has 0 unspecified atom stereocenters. The van der Waals surface area contributed by atoms with Crippen molar-refractivity contribution < 1.29 is 9.59 Å². The fourth-order valence-electron chi connectivity index (χ4n) is 2.41. The lowest BCUT2D eigenvalue weighted by Crippen LogP contribution is -2.27. The molecular weight excluding hydrogens is 380 g/mol. The third-order valence-electron chi connectivity index (χ3n) is 3.59. The van der Waals surface area contributed by atoms with Gasteiger partial charge in [-0.05, 0) is 43.2 Å². The average Bonchev–Trinajstić information content (AvgIpc) is 3.30. The molecule has 0 atom stereocenters. The van der Waals surface area contributed by atoms with E-state index in [1.54, 1.807) is 22.4 Å². The summed E-state index contributed by atoms with van der Waals surface area (Å²) in [4.78, 5) is 32.0. The minimum absolute atomic E-state index is 0.0769. The molecule has 27 heavy (non-hydrogen) atoms. The first-order valence-corrected chi connectivity index (χ1v) is 10.0. The van der Waals surface area contributed by atoms with Crippen LogP contribution in [0.15, 0.2) is 48.0 Å². The van der Waals surface area contributed by atoms with Crippen LogP contribution in [0.1, 0.15) is 15.2 Å². The lowest BCUT2D eigenvalue weighted by atomic mass is 10.2. The first-order valence-electron chi connectivity index (χ1n) is 8.32. The van der Waals surface area contributed by atoms with Gasteiger partial charge in [0.25, 0.3) is 5.91 Å². The van der Waals surface area contributed by atoms with E-state index in [2.05, 4.69) is 15.6 Å². The second-order valence-electron chi connectivity index (χ2n) is 6.18. The fraction of sp³-hybridized carbons (Fsp3) is 0.211. The molecule has 0 aliphatic carbocycles. The lowest BCUT2D eigenvalue weighted by molar-refractivity contribution is -0.116. The lowest BCUT2D eigenvalue weighted by Gasteiger charge is -2.11. The second-order valence-corrected chi connectivity index (χ2v) is 8.15. The van der Waals surface area contributed by atoms with Crippen molar-refractivity contribution in [2.75, 3.05) is 26.0 Å². The summed E-state index contributed by atoms with van der Waals surface area (Å²) in [5.74, 6) is -0.232. The van der Waals surface area contributed by atoms with Gasteiger partial charge in [-0.3, -0.25) is 9.59 Å². The maximum Gasteiger partial charge on any atom is 0.263 e. The zero-order valence-corrected chi connectivity index (χ0v) is 16.7. The van der Waals surface area contributed by atoms with Gasteiger partial charge in [0.15, 0.2) is 0 Å². The first kappa shape index (κ1) is 19.2. The van der Waals surface area contributed by atoms with Gasteiger partial charge in [-0.2, -0.15) is 0 Å². The van der Waals surface area contributed by atoms with Crippen molar-refractivity contribution in [1.82, 2.24) is 15.2 Å². The van der Waals surface area contributed by atoms with E-state index in [9.17, 15) is 9.59 Å². The number of likely N-dealkylation sites (N-methyl/N-ethyl adjacent to an activating group) is 1. The maximum absolute atomic E-state index is 12.4. The summed E-state index contributed by atoms with van der Waals surface area (Å²) < 4.78 is 0. The molecule has 0 bridgehead atoms. The van der Waals surface area contributed by atoms with Crippen LogP contribution in [0.25, 0.3) is 9.88 Å². The molecule has 2 amide bonds. The molecule has 0 aliphatic rings. The van der Waals surface area contributed by atoms with Crippen molar-refractivity contribution in [3.05, 3.63) is 58.4 Å². The van der Waals surface area contributed by atoms with Crippen LogP contribution < -0.4 is 10.6 Å². The number of benzene rings is 1. The Morgan fingerprint density at radius 1 is 1.19 bits per heavy atom. The van der Waals surface area contributed by atoms with Gasteiger partial charge in [0.05, 0.1) is 17.6 Å². The minimum atomic E-state index is -0.155. The molecule has 1 aromatic carbocycles. The van der Waals surface area contributed by atoms with E-state index in [0.29, 0.717) is 23.7 Å². The molecule has 2 aromatic heterocycles. The number of thiazole rings is 1. The molecule has 0 spiro atoms. The number of thiophene rings is 1. The van der Waals surface area contributed by atoms with E-state index in [4.69, 9.17) is 0 Å². The van der Waals surface area contributed by atoms with Gasteiger partial charge in [0.1, 0.15) is 9.88 Å². The van der Waals surface area contributed by atoms with Crippen LogP contribution >= 0.6 is 22.7 Å². The van der Waals surface area contributed by atoms with Gasteiger partial charge in [0, 0.05) is 12.2 Å². The molecule has 0 fully saturated rings. The third kappa shape index (κ3) is 5.46. The Kier molecular flexibility index (Phi) is 6.33. The summed E-state index contributed by atoms with van der Waals surface area (Å²) in [6, 6.07) is 11.4. The van der Waals surface area contributed by atoms with E-state index >= 15 is 0 Å². The quantitative estimate of drug-likeness (QED) is 0.638. The summed E-state index contributed by atoms with van der Waals surface area (Å²) in [7, 11) is 3.68. The number of hydrogen-bond acceptors (Lipinski definition) is 6. The van der Waals surface area contributed by atoms with Crippen LogP contribution in [0, 0.1) is 0 Å². The largest absolute Gasteiger partial charge is 0.347 e. The molecule has 0 radical (unpaired) electrons. The smallest absolute Gasteiger partial charge is 0.263 e. The second kappa shape index (κ2) is 8.90. The van der Waals surface area contributed by atoms with Gasteiger partial charge < -0.3 is 15.5 Å². The number of aromatic nitrogens is 1. The number of nitrogens with zero attached hydrogens (tertiary/aromatic N) is 2. The van der Waals surface area contributed by atoms with Crippen molar-refractivity contribution in [3.8, 4) is 9.88 Å². The first-order chi connectivity index (χ1) is 13.0. The highest BCUT2D eigenvalue weighted by Crippen LogP contribution is 2.28. The number of hydrogen-bond donors (Lipinski definition) is 2. The Balaban J connectivity index is 1.57. The minimum Gasteiger partial charge on any atom is -0.347 e.